The zero-order valence-corrected chi connectivity index (χ0v) is 17.6. The van der Waals surface area contributed by atoms with Crippen LogP contribution in [0.25, 0.3) is 0 Å². The number of nitrogens with one attached hydrogen (secondary N) is 2. The van der Waals surface area contributed by atoms with Crippen LogP contribution in [0.3, 0.4) is 0 Å². The second kappa shape index (κ2) is 11.6. The van der Waals surface area contributed by atoms with Crippen LogP contribution < -0.4 is 10.6 Å². The fourth-order valence-corrected chi connectivity index (χ4v) is 2.10. The van der Waals surface area contributed by atoms with Gasteiger partial charge in [-0.15, -0.1) is 24.0 Å². The second-order valence-corrected chi connectivity index (χ2v) is 6.98. The standard InChI is InChI=1S/C18H32N4.HI/c1-6-19-17(22-15(2)10-12-18(3,4)5)21-14-11-16-9-7-8-13-20-16;/h7-9,13,15H,6,10-12,14H2,1-5H3,(H2,19,21,22);1H. The SMILES string of the molecule is CCNC(=NCCc1ccccn1)NC(C)CCC(C)(C)C.I. The summed E-state index contributed by atoms with van der Waals surface area (Å²) in [5, 5.41) is 6.81. The summed E-state index contributed by atoms with van der Waals surface area (Å²) in [7, 11) is 0. The van der Waals surface area contributed by atoms with E-state index in [0.717, 1.165) is 37.6 Å². The minimum Gasteiger partial charge on any atom is -0.357 e. The van der Waals surface area contributed by atoms with E-state index in [-0.39, 0.29) is 24.0 Å². The molecule has 4 nitrogen and oxygen atoms in total. The number of hydrogen-bond acceptors (Lipinski definition) is 2. The summed E-state index contributed by atoms with van der Waals surface area (Å²) in [5.41, 5.74) is 1.47. The van der Waals surface area contributed by atoms with E-state index in [9.17, 15) is 0 Å². The van der Waals surface area contributed by atoms with Crippen molar-refractivity contribution in [3.8, 4) is 0 Å². The number of nitrogens with zero attached hydrogens (tertiary/aromatic N) is 2. The molecule has 0 radical (unpaired) electrons. The molecule has 0 saturated carbocycles. The van der Waals surface area contributed by atoms with Crippen molar-refractivity contribution in [1.29, 1.82) is 0 Å². The highest BCUT2D eigenvalue weighted by molar-refractivity contribution is 14.0. The average Bonchev–Trinajstić information content (AvgIpc) is 2.46. The molecule has 0 spiro atoms. The van der Waals surface area contributed by atoms with Gasteiger partial charge in [-0.2, -0.15) is 0 Å². The van der Waals surface area contributed by atoms with E-state index in [1.807, 2.05) is 24.4 Å². The van der Waals surface area contributed by atoms with Crippen LogP contribution in [0, 0.1) is 5.41 Å². The lowest BCUT2D eigenvalue weighted by atomic mass is 9.89. The molecule has 2 N–H and O–H groups in total. The van der Waals surface area contributed by atoms with Gasteiger partial charge in [0.1, 0.15) is 0 Å². The van der Waals surface area contributed by atoms with Crippen molar-refractivity contribution in [3.63, 3.8) is 0 Å². The molecular formula is C18H33IN4. The largest absolute Gasteiger partial charge is 0.357 e. The molecule has 1 aromatic rings. The Morgan fingerprint density at radius 2 is 2.04 bits per heavy atom. The maximum Gasteiger partial charge on any atom is 0.191 e. The molecule has 1 heterocycles. The number of rotatable bonds is 7. The lowest BCUT2D eigenvalue weighted by Crippen LogP contribution is -2.42. The summed E-state index contributed by atoms with van der Waals surface area (Å²) in [4.78, 5) is 8.98. The third kappa shape index (κ3) is 11.3. The van der Waals surface area contributed by atoms with Gasteiger partial charge in [-0.3, -0.25) is 9.98 Å². The van der Waals surface area contributed by atoms with Crippen LogP contribution in [-0.4, -0.2) is 30.1 Å². The van der Waals surface area contributed by atoms with Gasteiger partial charge in [-0.25, -0.2) is 0 Å². The number of guanidine groups is 1. The van der Waals surface area contributed by atoms with Crippen molar-refractivity contribution in [2.45, 2.75) is 59.9 Å². The van der Waals surface area contributed by atoms with E-state index in [0.29, 0.717) is 11.5 Å². The van der Waals surface area contributed by atoms with Gasteiger partial charge in [-0.05, 0) is 44.2 Å². The van der Waals surface area contributed by atoms with E-state index in [4.69, 9.17) is 0 Å². The van der Waals surface area contributed by atoms with E-state index in [1.165, 1.54) is 6.42 Å². The molecule has 1 aromatic heterocycles. The summed E-state index contributed by atoms with van der Waals surface area (Å²) >= 11 is 0. The molecule has 1 unspecified atom stereocenters. The molecule has 0 saturated heterocycles. The van der Waals surface area contributed by atoms with Crippen LogP contribution in [0.15, 0.2) is 29.4 Å². The van der Waals surface area contributed by atoms with Gasteiger partial charge in [0.15, 0.2) is 5.96 Å². The topological polar surface area (TPSA) is 49.3 Å². The smallest absolute Gasteiger partial charge is 0.191 e. The van der Waals surface area contributed by atoms with Crippen LogP contribution in [-0.2, 0) is 6.42 Å². The van der Waals surface area contributed by atoms with E-state index < -0.39 is 0 Å². The lowest BCUT2D eigenvalue weighted by molar-refractivity contribution is 0.346. The highest BCUT2D eigenvalue weighted by Crippen LogP contribution is 2.21. The predicted molar refractivity (Wildman–Crippen MR) is 111 cm³/mol. The van der Waals surface area contributed by atoms with Gasteiger partial charge in [0.25, 0.3) is 0 Å². The fraction of sp³-hybridized carbons (Fsp3) is 0.667. The molecule has 1 rings (SSSR count). The molecule has 5 heteroatoms. The number of pyridine rings is 1. The van der Waals surface area contributed by atoms with Crippen molar-refractivity contribution < 1.29 is 0 Å². The normalized spacial score (nSPS) is 13.2. The molecule has 1 atom stereocenters. The molecule has 0 aliphatic rings. The minimum absolute atomic E-state index is 0. The summed E-state index contributed by atoms with van der Waals surface area (Å²) in [6, 6.07) is 6.42. The van der Waals surface area contributed by atoms with Gasteiger partial charge in [0.2, 0.25) is 0 Å². The van der Waals surface area contributed by atoms with Gasteiger partial charge in [0.05, 0.1) is 0 Å². The van der Waals surface area contributed by atoms with E-state index in [1.54, 1.807) is 0 Å². The highest BCUT2D eigenvalue weighted by Gasteiger charge is 2.13. The molecule has 0 aliphatic carbocycles. The third-order valence-electron chi connectivity index (χ3n) is 3.42. The number of halogens is 1. The Labute approximate surface area is 159 Å². The van der Waals surface area contributed by atoms with Gasteiger partial charge in [0, 0.05) is 37.4 Å². The summed E-state index contributed by atoms with van der Waals surface area (Å²) in [6.07, 6.45) is 5.05. The maximum absolute atomic E-state index is 4.65. The quantitative estimate of drug-likeness (QED) is 0.389. The Hall–Kier alpha value is -0.850. The first-order valence-corrected chi connectivity index (χ1v) is 8.35. The van der Waals surface area contributed by atoms with Crippen molar-refractivity contribution in [2.24, 2.45) is 10.4 Å². The molecule has 0 amide bonds. The summed E-state index contributed by atoms with van der Waals surface area (Å²) in [6.45, 7) is 12.8. The Kier molecular flexibility index (Phi) is 11.2. The van der Waals surface area contributed by atoms with Crippen molar-refractivity contribution >= 4 is 29.9 Å². The van der Waals surface area contributed by atoms with Crippen molar-refractivity contribution in [3.05, 3.63) is 30.1 Å². The molecular weight excluding hydrogens is 399 g/mol. The molecule has 0 bridgehead atoms. The molecule has 23 heavy (non-hydrogen) atoms. The molecule has 0 aromatic carbocycles. The summed E-state index contributed by atoms with van der Waals surface area (Å²) < 4.78 is 0. The Morgan fingerprint density at radius 3 is 2.61 bits per heavy atom. The first-order chi connectivity index (χ1) is 10.4. The predicted octanol–water partition coefficient (Wildman–Crippen LogP) is 4.01. The first kappa shape index (κ1) is 22.1. The van der Waals surface area contributed by atoms with E-state index in [2.05, 4.69) is 55.2 Å². The van der Waals surface area contributed by atoms with Crippen LogP contribution in [0.2, 0.25) is 0 Å². The fourth-order valence-electron chi connectivity index (χ4n) is 2.10. The Balaban J connectivity index is 0.00000484. The molecule has 0 aliphatic heterocycles. The van der Waals surface area contributed by atoms with Gasteiger partial charge < -0.3 is 10.6 Å². The summed E-state index contributed by atoms with van der Waals surface area (Å²) in [5.74, 6) is 0.903. The maximum atomic E-state index is 4.65. The lowest BCUT2D eigenvalue weighted by Gasteiger charge is -2.23. The second-order valence-electron chi connectivity index (χ2n) is 6.98. The Bertz CT molecular complexity index is 440. The van der Waals surface area contributed by atoms with Crippen molar-refractivity contribution in [1.82, 2.24) is 15.6 Å². The molecule has 0 fully saturated rings. The number of hydrogen-bond donors (Lipinski definition) is 2. The monoisotopic (exact) mass is 432 g/mol. The van der Waals surface area contributed by atoms with Gasteiger partial charge >= 0.3 is 0 Å². The zero-order valence-electron chi connectivity index (χ0n) is 15.2. The third-order valence-corrected chi connectivity index (χ3v) is 3.42. The van der Waals surface area contributed by atoms with Crippen LogP contribution in [0.4, 0.5) is 0 Å². The molecule has 132 valence electrons. The van der Waals surface area contributed by atoms with Gasteiger partial charge in [-0.1, -0.05) is 26.8 Å². The first-order valence-electron chi connectivity index (χ1n) is 8.35. The highest BCUT2D eigenvalue weighted by atomic mass is 127. The zero-order chi connectivity index (χ0) is 16.4. The number of aromatic nitrogens is 1. The van der Waals surface area contributed by atoms with E-state index >= 15 is 0 Å². The van der Waals surface area contributed by atoms with Crippen molar-refractivity contribution in [2.75, 3.05) is 13.1 Å². The van der Waals surface area contributed by atoms with Crippen LogP contribution in [0.5, 0.6) is 0 Å². The average molecular weight is 432 g/mol. The van der Waals surface area contributed by atoms with Crippen LogP contribution >= 0.6 is 24.0 Å². The minimum atomic E-state index is 0. The Morgan fingerprint density at radius 1 is 1.30 bits per heavy atom. The van der Waals surface area contributed by atoms with Crippen LogP contribution in [0.1, 0.15) is 53.2 Å². The number of aliphatic imine (C=N–C) groups is 1.